The first-order valence-electron chi connectivity index (χ1n) is 10.4. The van der Waals surface area contributed by atoms with E-state index in [1.165, 1.54) is 12.1 Å². The maximum Gasteiger partial charge on any atom is 0.351 e. The second-order valence-corrected chi connectivity index (χ2v) is 7.97. The van der Waals surface area contributed by atoms with Crippen LogP contribution in [0.15, 0.2) is 61.3 Å². The lowest BCUT2D eigenvalue weighted by molar-refractivity contribution is -0.913. The number of rotatable bonds is 8. The van der Waals surface area contributed by atoms with Gasteiger partial charge in [-0.15, -0.1) is 0 Å². The smallest absolute Gasteiger partial charge is 0.351 e. The van der Waals surface area contributed by atoms with Crippen molar-refractivity contribution in [2.45, 2.75) is 18.9 Å². The van der Waals surface area contributed by atoms with Crippen LogP contribution in [0.3, 0.4) is 0 Å². The first kappa shape index (κ1) is 24.1. The molecule has 0 atom stereocenters. The van der Waals surface area contributed by atoms with E-state index in [0.717, 1.165) is 23.8 Å². The Morgan fingerprint density at radius 2 is 1.97 bits per heavy atom. The highest BCUT2D eigenvalue weighted by Gasteiger charge is 2.41. The van der Waals surface area contributed by atoms with Gasteiger partial charge in [0.25, 0.3) is 0 Å². The molecule has 4 heterocycles. The van der Waals surface area contributed by atoms with Gasteiger partial charge in [-0.3, -0.25) is 20.0 Å². The van der Waals surface area contributed by atoms with Gasteiger partial charge in [-0.25, -0.2) is 9.37 Å². The fourth-order valence-electron chi connectivity index (χ4n) is 3.40. The van der Waals surface area contributed by atoms with Gasteiger partial charge in [0.05, 0.1) is 23.5 Å². The molecule has 0 radical (unpaired) electrons. The van der Waals surface area contributed by atoms with Crippen LogP contribution >= 0.6 is 11.6 Å². The van der Waals surface area contributed by atoms with E-state index in [9.17, 15) is 18.8 Å². The molecular weight excluding hydrogens is 485 g/mol. The zero-order valence-corrected chi connectivity index (χ0v) is 18.8. The van der Waals surface area contributed by atoms with Crippen molar-refractivity contribution in [1.82, 2.24) is 20.3 Å². The Hall–Kier alpha value is -3.99. The van der Waals surface area contributed by atoms with E-state index in [1.807, 2.05) is 6.07 Å². The van der Waals surface area contributed by atoms with E-state index in [1.54, 1.807) is 24.7 Å². The highest BCUT2D eigenvalue weighted by Crippen LogP contribution is 2.28. The highest BCUT2D eigenvalue weighted by molar-refractivity contribution is 6.31. The molecule has 0 aliphatic heterocycles. The van der Waals surface area contributed by atoms with Crippen molar-refractivity contribution >= 4 is 34.2 Å². The lowest BCUT2D eigenvalue weighted by Crippen LogP contribution is -2.43. The van der Waals surface area contributed by atoms with E-state index in [2.05, 4.69) is 25.6 Å². The van der Waals surface area contributed by atoms with Crippen molar-refractivity contribution in [3.05, 3.63) is 89.0 Å². The topological polar surface area (TPSA) is 104 Å². The minimum Gasteiger partial charge on any atom is -0.361 e. The highest BCUT2D eigenvalue weighted by atomic mass is 35.5. The van der Waals surface area contributed by atoms with Crippen molar-refractivity contribution in [2.24, 2.45) is 0 Å². The first-order valence-corrected chi connectivity index (χ1v) is 10.7. The van der Waals surface area contributed by atoms with Crippen molar-refractivity contribution in [3.63, 3.8) is 0 Å². The molecule has 12 heteroatoms. The molecule has 1 amide bonds. The Balaban J connectivity index is 1.45. The molecule has 35 heavy (non-hydrogen) atoms. The third kappa shape index (κ3) is 5.40. The van der Waals surface area contributed by atoms with Crippen molar-refractivity contribution in [3.8, 4) is 0 Å². The Labute approximate surface area is 202 Å². The number of alkyl halides is 2. The SMILES string of the molecule is O=C(Cc1c(Cl)cnc(NCC(F)(F)c2cccc[n+]2O)c1F)NCc1cncc2cccnc12. The summed E-state index contributed by atoms with van der Waals surface area (Å²) in [5.41, 5.74) is 0.449. The molecule has 0 fully saturated rings. The van der Waals surface area contributed by atoms with Crippen LogP contribution < -0.4 is 15.4 Å². The van der Waals surface area contributed by atoms with Gasteiger partial charge in [-0.2, -0.15) is 8.78 Å². The van der Waals surface area contributed by atoms with Gasteiger partial charge >= 0.3 is 11.6 Å². The van der Waals surface area contributed by atoms with Crippen LogP contribution in [0.2, 0.25) is 5.02 Å². The summed E-state index contributed by atoms with van der Waals surface area (Å²) < 4.78 is 44.3. The second-order valence-electron chi connectivity index (χ2n) is 7.56. The molecule has 0 saturated carbocycles. The number of anilines is 1. The lowest BCUT2D eigenvalue weighted by atomic mass is 10.1. The molecule has 0 unspecified atom stereocenters. The van der Waals surface area contributed by atoms with Crippen molar-refractivity contribution in [1.29, 1.82) is 0 Å². The van der Waals surface area contributed by atoms with Crippen LogP contribution in [-0.2, 0) is 23.7 Å². The summed E-state index contributed by atoms with van der Waals surface area (Å²) in [6.45, 7) is -0.962. The number of halogens is 4. The quantitative estimate of drug-likeness (QED) is 0.251. The zero-order chi connectivity index (χ0) is 25.0. The van der Waals surface area contributed by atoms with Gasteiger partial charge in [-0.05, 0) is 18.2 Å². The van der Waals surface area contributed by atoms with E-state index in [0.29, 0.717) is 11.1 Å². The number of pyridine rings is 4. The molecule has 4 aromatic rings. The summed E-state index contributed by atoms with van der Waals surface area (Å²) in [6.07, 6.45) is 6.51. The Bertz CT molecular complexity index is 1380. The molecule has 4 aromatic heterocycles. The molecular formula is C23H19ClF3N6O2+. The minimum absolute atomic E-state index is 0.0973. The molecule has 0 saturated heterocycles. The number of carbonyl (C=O) groups is 1. The molecule has 0 aliphatic carbocycles. The van der Waals surface area contributed by atoms with Gasteiger partial charge in [0.2, 0.25) is 12.1 Å². The van der Waals surface area contributed by atoms with Crippen LogP contribution in [0, 0.1) is 5.82 Å². The van der Waals surface area contributed by atoms with Gasteiger partial charge in [0.1, 0.15) is 0 Å². The Kier molecular flexibility index (Phi) is 6.97. The average molecular weight is 504 g/mol. The van der Waals surface area contributed by atoms with Gasteiger partial charge < -0.3 is 10.6 Å². The lowest BCUT2D eigenvalue weighted by Gasteiger charge is -2.16. The van der Waals surface area contributed by atoms with E-state index >= 15 is 4.39 Å². The number of nitrogens with one attached hydrogen (secondary N) is 2. The number of amides is 1. The van der Waals surface area contributed by atoms with Crippen molar-refractivity contribution in [2.75, 3.05) is 11.9 Å². The van der Waals surface area contributed by atoms with Crippen LogP contribution in [0.25, 0.3) is 10.9 Å². The summed E-state index contributed by atoms with van der Waals surface area (Å²) >= 11 is 6.03. The maximum absolute atomic E-state index is 15.0. The van der Waals surface area contributed by atoms with Crippen LogP contribution in [-0.4, -0.2) is 32.6 Å². The molecule has 0 aliphatic rings. The third-order valence-corrected chi connectivity index (χ3v) is 5.49. The predicted octanol–water partition coefficient (Wildman–Crippen LogP) is 3.40. The monoisotopic (exact) mass is 503 g/mol. The minimum atomic E-state index is -3.55. The zero-order valence-electron chi connectivity index (χ0n) is 18.1. The average Bonchev–Trinajstić information content (AvgIpc) is 2.85. The van der Waals surface area contributed by atoms with Crippen LogP contribution in [0.5, 0.6) is 0 Å². The predicted molar refractivity (Wildman–Crippen MR) is 120 cm³/mol. The normalized spacial score (nSPS) is 11.4. The summed E-state index contributed by atoms with van der Waals surface area (Å²) in [5.74, 6) is -5.63. The molecule has 4 rings (SSSR count). The van der Waals surface area contributed by atoms with Gasteiger partial charge in [0, 0.05) is 64.7 Å². The van der Waals surface area contributed by atoms with E-state index in [4.69, 9.17) is 11.6 Å². The maximum atomic E-state index is 15.0. The number of hydrogen-bond donors (Lipinski definition) is 3. The third-order valence-electron chi connectivity index (χ3n) is 5.16. The molecule has 3 N–H and O–H groups in total. The van der Waals surface area contributed by atoms with E-state index in [-0.39, 0.29) is 21.9 Å². The number of aromatic nitrogens is 4. The summed E-state index contributed by atoms with van der Waals surface area (Å²) in [4.78, 5) is 24.6. The Morgan fingerprint density at radius 1 is 1.14 bits per heavy atom. The first-order chi connectivity index (χ1) is 16.8. The largest absolute Gasteiger partial charge is 0.361 e. The fraction of sp³-hybridized carbons (Fsp3) is 0.174. The summed E-state index contributed by atoms with van der Waals surface area (Å²) in [6, 6.07) is 7.34. The second kappa shape index (κ2) is 10.1. The van der Waals surface area contributed by atoms with Crippen LogP contribution in [0.1, 0.15) is 16.8 Å². The van der Waals surface area contributed by atoms with E-state index < -0.39 is 42.1 Å². The molecule has 0 aromatic carbocycles. The number of hydrogen-bond acceptors (Lipinski definition) is 6. The number of fused-ring (bicyclic) bond motifs is 1. The van der Waals surface area contributed by atoms with Crippen molar-refractivity contribution < 1.29 is 27.9 Å². The summed E-state index contributed by atoms with van der Waals surface area (Å²) in [7, 11) is 0. The number of nitrogens with zero attached hydrogens (tertiary/aromatic N) is 4. The van der Waals surface area contributed by atoms with Crippen LogP contribution in [0.4, 0.5) is 19.0 Å². The molecule has 0 bridgehead atoms. The molecule has 8 nitrogen and oxygen atoms in total. The Morgan fingerprint density at radius 3 is 2.77 bits per heavy atom. The van der Waals surface area contributed by atoms with Gasteiger partial charge in [-0.1, -0.05) is 11.6 Å². The fourth-order valence-corrected chi connectivity index (χ4v) is 3.60. The van der Waals surface area contributed by atoms with Gasteiger partial charge in [0.15, 0.2) is 11.6 Å². The summed E-state index contributed by atoms with van der Waals surface area (Å²) in [5, 5.41) is 15.2. The molecule has 0 spiro atoms. The molecule has 180 valence electrons. The number of carbonyl (C=O) groups excluding carboxylic acids is 1. The standard InChI is InChI=1S/C23H18ClF3N6O2/c24-17-12-31-22(32-13-23(26,27)18-5-1-2-7-33(18)35)20(25)16(17)8-19(34)30-11-15-10-28-9-14-4-3-6-29-21(14)15/h1-7,9-10,12H,8,11,13H2,(H2-,30,31,32,34,35)/p+1.